The van der Waals surface area contributed by atoms with Crippen LogP contribution in [-0.4, -0.2) is 46.5 Å². The van der Waals surface area contributed by atoms with E-state index in [0.717, 1.165) is 44.7 Å². The second-order valence-electron chi connectivity index (χ2n) is 7.48. The van der Waals surface area contributed by atoms with Crippen molar-refractivity contribution in [3.63, 3.8) is 0 Å². The van der Waals surface area contributed by atoms with Gasteiger partial charge in [0.2, 0.25) is 0 Å². The number of rotatable bonds is 6. The van der Waals surface area contributed by atoms with Gasteiger partial charge in [0.05, 0.1) is 0 Å². The van der Waals surface area contributed by atoms with Crippen molar-refractivity contribution < 1.29 is 4.79 Å². The number of carbonyl (C=O) groups excluding carboxylic acids is 1. The number of hydrogen-bond acceptors (Lipinski definition) is 3. The molecule has 1 amide bonds. The van der Waals surface area contributed by atoms with Crippen LogP contribution in [0.2, 0.25) is 0 Å². The molecule has 0 aromatic carbocycles. The molecule has 140 valence electrons. The van der Waals surface area contributed by atoms with E-state index < -0.39 is 0 Å². The van der Waals surface area contributed by atoms with Crippen LogP contribution in [0.15, 0.2) is 36.7 Å². The number of H-pyrrole nitrogens is 1. The lowest BCUT2D eigenvalue weighted by atomic mass is 9.99. The highest BCUT2D eigenvalue weighted by atomic mass is 16.2. The SMILES string of the molecule is CCN(c1ncccc1CC(C)C)C1CCN(C(=O)c2ccc[nH]2)CC1. The molecule has 0 radical (unpaired) electrons. The summed E-state index contributed by atoms with van der Waals surface area (Å²) in [5.74, 6) is 1.84. The van der Waals surface area contributed by atoms with Gasteiger partial charge in [-0.25, -0.2) is 4.98 Å². The monoisotopic (exact) mass is 354 g/mol. The van der Waals surface area contributed by atoms with E-state index in [4.69, 9.17) is 4.98 Å². The van der Waals surface area contributed by atoms with Gasteiger partial charge in [-0.2, -0.15) is 0 Å². The predicted octanol–water partition coefficient (Wildman–Crippen LogP) is 3.74. The van der Waals surface area contributed by atoms with Crippen molar-refractivity contribution in [2.45, 2.75) is 46.1 Å². The highest BCUT2D eigenvalue weighted by Crippen LogP contribution is 2.27. The average molecular weight is 354 g/mol. The molecule has 0 bridgehead atoms. The molecule has 5 nitrogen and oxygen atoms in total. The molecule has 0 atom stereocenters. The maximum absolute atomic E-state index is 12.5. The van der Waals surface area contributed by atoms with Gasteiger partial charge in [0.1, 0.15) is 11.5 Å². The number of nitrogens with one attached hydrogen (secondary N) is 1. The molecule has 1 N–H and O–H groups in total. The molecule has 2 aromatic rings. The van der Waals surface area contributed by atoms with Crippen LogP contribution in [0.1, 0.15) is 49.7 Å². The fraction of sp³-hybridized carbons (Fsp3) is 0.524. The second kappa shape index (κ2) is 8.39. The van der Waals surface area contributed by atoms with Gasteiger partial charge in [0.15, 0.2) is 0 Å². The molecule has 26 heavy (non-hydrogen) atoms. The van der Waals surface area contributed by atoms with Crippen molar-refractivity contribution >= 4 is 11.7 Å². The second-order valence-corrected chi connectivity index (χ2v) is 7.48. The normalized spacial score (nSPS) is 15.5. The quantitative estimate of drug-likeness (QED) is 0.860. The first kappa shape index (κ1) is 18.5. The van der Waals surface area contributed by atoms with Crippen LogP contribution in [-0.2, 0) is 6.42 Å². The molecule has 2 aromatic heterocycles. The lowest BCUT2D eigenvalue weighted by Crippen LogP contribution is -2.47. The number of pyridine rings is 1. The Balaban J connectivity index is 1.68. The van der Waals surface area contributed by atoms with Gasteiger partial charge in [-0.15, -0.1) is 0 Å². The Hall–Kier alpha value is -2.30. The first-order valence-corrected chi connectivity index (χ1v) is 9.73. The molecule has 1 aliphatic heterocycles. The van der Waals surface area contributed by atoms with Crippen molar-refractivity contribution in [2.75, 3.05) is 24.5 Å². The number of likely N-dealkylation sites (tertiary alicyclic amines) is 1. The van der Waals surface area contributed by atoms with Gasteiger partial charge in [0.25, 0.3) is 5.91 Å². The number of aromatic amines is 1. The third-order valence-electron chi connectivity index (χ3n) is 5.13. The van der Waals surface area contributed by atoms with Crippen LogP contribution >= 0.6 is 0 Å². The van der Waals surface area contributed by atoms with E-state index in [1.54, 1.807) is 6.20 Å². The fourth-order valence-electron chi connectivity index (χ4n) is 3.88. The molecule has 3 heterocycles. The molecule has 0 spiro atoms. The van der Waals surface area contributed by atoms with Crippen molar-refractivity contribution in [3.05, 3.63) is 47.9 Å². The van der Waals surface area contributed by atoms with E-state index in [2.05, 4.69) is 36.7 Å². The Bertz CT molecular complexity index is 703. The highest BCUT2D eigenvalue weighted by molar-refractivity contribution is 5.92. The van der Waals surface area contributed by atoms with E-state index in [1.807, 2.05) is 29.3 Å². The number of amides is 1. The van der Waals surface area contributed by atoms with Crippen molar-refractivity contribution in [1.29, 1.82) is 0 Å². The minimum Gasteiger partial charge on any atom is -0.357 e. The number of anilines is 1. The Morgan fingerprint density at radius 1 is 1.31 bits per heavy atom. The molecule has 0 aliphatic carbocycles. The van der Waals surface area contributed by atoms with E-state index >= 15 is 0 Å². The number of piperidine rings is 1. The van der Waals surface area contributed by atoms with Crippen LogP contribution in [0.3, 0.4) is 0 Å². The predicted molar refractivity (Wildman–Crippen MR) is 106 cm³/mol. The third-order valence-corrected chi connectivity index (χ3v) is 5.13. The van der Waals surface area contributed by atoms with Crippen LogP contribution in [0.5, 0.6) is 0 Å². The number of carbonyl (C=O) groups is 1. The molecular weight excluding hydrogens is 324 g/mol. The van der Waals surface area contributed by atoms with Crippen molar-refractivity contribution in [1.82, 2.24) is 14.9 Å². The Labute approximate surface area is 156 Å². The molecule has 1 saturated heterocycles. The molecule has 1 aliphatic rings. The zero-order valence-electron chi connectivity index (χ0n) is 16.1. The maximum atomic E-state index is 12.5. The summed E-state index contributed by atoms with van der Waals surface area (Å²) in [6.07, 6.45) is 6.71. The molecule has 0 unspecified atom stereocenters. The molecule has 5 heteroatoms. The van der Waals surface area contributed by atoms with Crippen LogP contribution in [0.4, 0.5) is 5.82 Å². The zero-order chi connectivity index (χ0) is 18.5. The lowest BCUT2D eigenvalue weighted by Gasteiger charge is -2.39. The average Bonchev–Trinajstić information content (AvgIpc) is 3.18. The molecule has 3 rings (SSSR count). The maximum Gasteiger partial charge on any atom is 0.270 e. The number of aromatic nitrogens is 2. The highest BCUT2D eigenvalue weighted by Gasteiger charge is 2.28. The van der Waals surface area contributed by atoms with Gasteiger partial charge in [0, 0.05) is 38.1 Å². The van der Waals surface area contributed by atoms with Crippen LogP contribution < -0.4 is 4.90 Å². The minimum absolute atomic E-state index is 0.106. The van der Waals surface area contributed by atoms with E-state index in [-0.39, 0.29) is 5.91 Å². The lowest BCUT2D eigenvalue weighted by molar-refractivity contribution is 0.0707. The Morgan fingerprint density at radius 3 is 2.69 bits per heavy atom. The summed E-state index contributed by atoms with van der Waals surface area (Å²) < 4.78 is 0. The van der Waals surface area contributed by atoms with Crippen LogP contribution in [0, 0.1) is 5.92 Å². The summed E-state index contributed by atoms with van der Waals surface area (Å²) in [6.45, 7) is 9.23. The minimum atomic E-state index is 0.106. The smallest absolute Gasteiger partial charge is 0.270 e. The van der Waals surface area contributed by atoms with Gasteiger partial charge < -0.3 is 14.8 Å². The summed E-state index contributed by atoms with van der Waals surface area (Å²) >= 11 is 0. The Morgan fingerprint density at radius 2 is 2.08 bits per heavy atom. The fourth-order valence-corrected chi connectivity index (χ4v) is 3.88. The largest absolute Gasteiger partial charge is 0.357 e. The standard InChI is InChI=1S/C21H30N4O/c1-4-25(20-17(15-16(2)3)7-5-12-23-20)18-9-13-24(14-10-18)21(26)19-8-6-11-22-19/h5-8,11-12,16,18,22H,4,9-10,13-15H2,1-3H3. The molecule has 1 fully saturated rings. The first-order chi connectivity index (χ1) is 12.6. The van der Waals surface area contributed by atoms with Gasteiger partial charge in [-0.1, -0.05) is 19.9 Å². The first-order valence-electron chi connectivity index (χ1n) is 9.73. The topological polar surface area (TPSA) is 52.2 Å². The summed E-state index contributed by atoms with van der Waals surface area (Å²) in [4.78, 5) is 24.7. The van der Waals surface area contributed by atoms with Gasteiger partial charge >= 0.3 is 0 Å². The molecule has 0 saturated carbocycles. The molecular formula is C21H30N4O. The number of hydrogen-bond donors (Lipinski definition) is 1. The van der Waals surface area contributed by atoms with Crippen molar-refractivity contribution in [2.24, 2.45) is 5.92 Å². The van der Waals surface area contributed by atoms with Gasteiger partial charge in [-0.3, -0.25) is 4.79 Å². The number of nitrogens with zero attached hydrogens (tertiary/aromatic N) is 3. The Kier molecular flexibility index (Phi) is 5.96. The van der Waals surface area contributed by atoms with E-state index in [0.29, 0.717) is 17.7 Å². The van der Waals surface area contributed by atoms with E-state index in [1.165, 1.54) is 5.56 Å². The van der Waals surface area contributed by atoms with Crippen LogP contribution in [0.25, 0.3) is 0 Å². The van der Waals surface area contributed by atoms with Crippen molar-refractivity contribution in [3.8, 4) is 0 Å². The van der Waals surface area contributed by atoms with Gasteiger partial charge in [-0.05, 0) is 55.9 Å². The summed E-state index contributed by atoms with van der Waals surface area (Å²) in [5.41, 5.74) is 2.01. The van der Waals surface area contributed by atoms with E-state index in [9.17, 15) is 4.79 Å². The summed E-state index contributed by atoms with van der Waals surface area (Å²) in [7, 11) is 0. The summed E-state index contributed by atoms with van der Waals surface area (Å²) in [5, 5.41) is 0. The summed E-state index contributed by atoms with van der Waals surface area (Å²) in [6, 6.07) is 8.39. The zero-order valence-corrected chi connectivity index (χ0v) is 16.1. The third kappa shape index (κ3) is 4.09.